The van der Waals surface area contributed by atoms with Crippen molar-refractivity contribution in [2.45, 2.75) is 159 Å². The molecule has 0 aromatic rings. The van der Waals surface area contributed by atoms with Crippen molar-refractivity contribution in [2.24, 2.45) is 40.4 Å². The summed E-state index contributed by atoms with van der Waals surface area (Å²) in [6.07, 6.45) is -4.27. The second-order valence-electron chi connectivity index (χ2n) is 16.6. The highest BCUT2D eigenvalue weighted by Crippen LogP contribution is 2.67. The number of allylic oxidation sites excluding steroid dienone is 1. The SMILES string of the molecule is COC(=O)CC[C@@H](C)[C@H]1CC[C@@H]2[C@@H]3CC=C4C[C@H](O[C@@H]5O[C@H](C(=O)O)[C@@H](O[C@@H]6O[C@@H](C)[C@H](O)[C@@H](O)[C@H]6O)[C@H](O)[C@H]5O)CC[C@@]4(C)[C@H]3CC[C@@]21C. The third-order valence-corrected chi connectivity index (χ3v) is 14.1. The molecule has 0 bridgehead atoms. The minimum absolute atomic E-state index is 0.0168. The second-order valence-corrected chi connectivity index (χ2v) is 16.6. The number of ether oxygens (including phenoxy) is 5. The third kappa shape index (κ3) is 6.68. The summed E-state index contributed by atoms with van der Waals surface area (Å²) in [5.41, 5.74) is 1.61. The lowest BCUT2D eigenvalue weighted by molar-refractivity contribution is -0.355. The predicted octanol–water partition coefficient (Wildman–Crippen LogP) is 2.28. The molecule has 2 saturated heterocycles. The molecule has 3 saturated carbocycles. The van der Waals surface area contributed by atoms with Gasteiger partial charge in [0.05, 0.1) is 19.3 Å². The van der Waals surface area contributed by atoms with Gasteiger partial charge >= 0.3 is 11.9 Å². The maximum atomic E-state index is 12.3. The van der Waals surface area contributed by atoms with Crippen LogP contribution >= 0.6 is 0 Å². The summed E-state index contributed by atoms with van der Waals surface area (Å²) >= 11 is 0. The van der Waals surface area contributed by atoms with Gasteiger partial charge in [0.2, 0.25) is 0 Å². The predicted molar refractivity (Wildman–Crippen MR) is 176 cm³/mol. The van der Waals surface area contributed by atoms with Crippen LogP contribution in [0.25, 0.3) is 0 Å². The van der Waals surface area contributed by atoms with Gasteiger partial charge in [-0.2, -0.15) is 0 Å². The first-order valence-electron chi connectivity index (χ1n) is 18.6. The van der Waals surface area contributed by atoms with E-state index in [4.69, 9.17) is 23.7 Å². The van der Waals surface area contributed by atoms with Gasteiger partial charge in [0.25, 0.3) is 0 Å². The molecule has 50 heavy (non-hydrogen) atoms. The van der Waals surface area contributed by atoms with Crippen molar-refractivity contribution in [2.75, 3.05) is 7.11 Å². The standard InChI is InChI=1S/C37H58O13/c1-17(6-11-25(38)46-5)22-9-10-23-21-8-7-19-16-20(12-14-36(19,3)24(21)13-15-37(22,23)4)48-35-30(43)28(41)31(32(50-35)33(44)45)49-34-29(42)27(40)26(39)18(2)47-34/h7,17-18,20-24,26-32,34-35,39-43H,6,8-16H2,1-5H3,(H,44,45)/t17-,18+,20-,21+,22-,23-,24+,26+,27-,28-,29-,30-,31+,32+,34+,35-,36-,37-/m1/s1. The van der Waals surface area contributed by atoms with E-state index in [2.05, 4.69) is 26.8 Å². The van der Waals surface area contributed by atoms with Gasteiger partial charge in [-0.05, 0) is 105 Å². The van der Waals surface area contributed by atoms with Crippen LogP contribution in [0.5, 0.6) is 0 Å². The minimum Gasteiger partial charge on any atom is -0.479 e. The molecule has 0 unspecified atom stereocenters. The molecule has 13 nitrogen and oxygen atoms in total. The Morgan fingerprint density at radius 3 is 2.30 bits per heavy atom. The zero-order valence-corrected chi connectivity index (χ0v) is 29.9. The quantitative estimate of drug-likeness (QED) is 0.151. The average Bonchev–Trinajstić information content (AvgIpc) is 3.45. The Bertz CT molecular complexity index is 1280. The Labute approximate surface area is 294 Å². The normalized spacial score (nSPS) is 49.6. The van der Waals surface area contributed by atoms with E-state index < -0.39 is 67.4 Å². The molecule has 284 valence electrons. The van der Waals surface area contributed by atoms with Crippen LogP contribution in [0.1, 0.15) is 91.9 Å². The van der Waals surface area contributed by atoms with Crippen molar-refractivity contribution in [1.82, 2.24) is 0 Å². The van der Waals surface area contributed by atoms with Gasteiger partial charge in [-0.3, -0.25) is 4.79 Å². The summed E-state index contributed by atoms with van der Waals surface area (Å²) < 4.78 is 27.9. The number of aliphatic hydroxyl groups is 5. The minimum atomic E-state index is -1.77. The Kier molecular flexibility index (Phi) is 11.1. The van der Waals surface area contributed by atoms with Gasteiger partial charge < -0.3 is 54.3 Å². The van der Waals surface area contributed by atoms with E-state index in [-0.39, 0.29) is 22.9 Å². The summed E-state index contributed by atoms with van der Waals surface area (Å²) in [7, 11) is 1.45. The van der Waals surface area contributed by atoms with Crippen LogP contribution < -0.4 is 0 Å². The molecule has 0 spiro atoms. The number of aliphatic carboxylic acids is 1. The number of carboxylic acids is 1. The Hall–Kier alpha value is -1.68. The number of fused-ring (bicyclic) bond motifs is 5. The number of hydrogen-bond acceptors (Lipinski definition) is 12. The highest BCUT2D eigenvalue weighted by Gasteiger charge is 2.60. The number of hydrogen-bond donors (Lipinski definition) is 6. The molecule has 0 amide bonds. The van der Waals surface area contributed by atoms with Crippen LogP contribution in [0.3, 0.4) is 0 Å². The van der Waals surface area contributed by atoms with E-state index in [1.807, 2.05) is 0 Å². The van der Waals surface area contributed by atoms with Crippen LogP contribution in [0.4, 0.5) is 0 Å². The number of aliphatic hydroxyl groups excluding tert-OH is 5. The van der Waals surface area contributed by atoms with Crippen LogP contribution in [-0.4, -0.2) is 117 Å². The van der Waals surface area contributed by atoms with Crippen LogP contribution in [0, 0.1) is 40.4 Å². The van der Waals surface area contributed by atoms with E-state index in [9.17, 15) is 40.2 Å². The van der Waals surface area contributed by atoms with Crippen molar-refractivity contribution in [3.63, 3.8) is 0 Å². The van der Waals surface area contributed by atoms with Gasteiger partial charge in [-0.25, -0.2) is 4.79 Å². The molecule has 0 aromatic heterocycles. The van der Waals surface area contributed by atoms with E-state index in [0.29, 0.717) is 48.9 Å². The Balaban J connectivity index is 1.10. The van der Waals surface area contributed by atoms with Gasteiger partial charge in [0.1, 0.15) is 36.6 Å². The van der Waals surface area contributed by atoms with Crippen molar-refractivity contribution >= 4 is 11.9 Å². The fourth-order valence-electron chi connectivity index (χ4n) is 11.1. The number of carboxylic acid groups (broad SMARTS) is 1. The topological polar surface area (TPSA) is 202 Å². The lowest BCUT2D eigenvalue weighted by atomic mass is 9.47. The Morgan fingerprint density at radius 1 is 0.900 bits per heavy atom. The summed E-state index contributed by atoms with van der Waals surface area (Å²) in [6.45, 7) is 8.63. The number of rotatable bonds is 9. The Morgan fingerprint density at radius 2 is 1.60 bits per heavy atom. The molecule has 0 radical (unpaired) electrons. The molecule has 4 aliphatic carbocycles. The summed E-state index contributed by atoms with van der Waals surface area (Å²) in [5.74, 6) is 1.25. The molecule has 13 heteroatoms. The van der Waals surface area contributed by atoms with E-state index in [1.165, 1.54) is 38.9 Å². The lowest BCUT2D eigenvalue weighted by Crippen LogP contribution is -2.65. The molecule has 6 N–H and O–H groups in total. The van der Waals surface area contributed by atoms with Crippen molar-refractivity contribution in [3.8, 4) is 0 Å². The second kappa shape index (κ2) is 14.6. The fourth-order valence-corrected chi connectivity index (χ4v) is 11.1. The third-order valence-electron chi connectivity index (χ3n) is 14.1. The molecule has 18 atom stereocenters. The first kappa shape index (κ1) is 38.1. The number of carbonyl (C=O) groups excluding carboxylic acids is 1. The van der Waals surface area contributed by atoms with Crippen molar-refractivity contribution in [1.29, 1.82) is 0 Å². The zero-order valence-electron chi connectivity index (χ0n) is 29.9. The zero-order chi connectivity index (χ0) is 36.3. The molecule has 5 fully saturated rings. The first-order valence-corrected chi connectivity index (χ1v) is 18.6. The smallest absolute Gasteiger partial charge is 0.335 e. The van der Waals surface area contributed by atoms with Crippen molar-refractivity contribution < 1.29 is 63.9 Å². The number of esters is 1. The van der Waals surface area contributed by atoms with Crippen LogP contribution in [0.15, 0.2) is 11.6 Å². The fraction of sp³-hybridized carbons (Fsp3) is 0.892. The maximum absolute atomic E-state index is 12.3. The number of carbonyl (C=O) groups is 2. The van der Waals surface area contributed by atoms with Gasteiger partial charge in [0, 0.05) is 6.42 Å². The van der Waals surface area contributed by atoms with Crippen LogP contribution in [-0.2, 0) is 33.3 Å². The molecular weight excluding hydrogens is 652 g/mol. The van der Waals surface area contributed by atoms with E-state index in [1.54, 1.807) is 0 Å². The largest absolute Gasteiger partial charge is 0.479 e. The molecule has 2 aliphatic heterocycles. The first-order chi connectivity index (χ1) is 23.6. The summed E-state index contributed by atoms with van der Waals surface area (Å²) in [6, 6.07) is 0. The highest BCUT2D eigenvalue weighted by atomic mass is 16.7. The van der Waals surface area contributed by atoms with Gasteiger partial charge in [-0.15, -0.1) is 0 Å². The van der Waals surface area contributed by atoms with E-state index in [0.717, 1.165) is 25.7 Å². The van der Waals surface area contributed by atoms with Crippen LogP contribution in [0.2, 0.25) is 0 Å². The average molecular weight is 711 g/mol. The molecule has 0 aromatic carbocycles. The van der Waals surface area contributed by atoms with Gasteiger partial charge in [0.15, 0.2) is 18.7 Å². The lowest BCUT2D eigenvalue weighted by Gasteiger charge is -2.58. The van der Waals surface area contributed by atoms with Crippen molar-refractivity contribution in [3.05, 3.63) is 11.6 Å². The highest BCUT2D eigenvalue weighted by molar-refractivity contribution is 5.73. The maximum Gasteiger partial charge on any atom is 0.335 e. The van der Waals surface area contributed by atoms with E-state index >= 15 is 0 Å². The molecular formula is C37H58O13. The number of methoxy groups -OCH3 is 1. The molecule has 6 rings (SSSR count). The summed E-state index contributed by atoms with van der Waals surface area (Å²) in [4.78, 5) is 24.1. The monoisotopic (exact) mass is 710 g/mol. The molecule has 2 heterocycles. The van der Waals surface area contributed by atoms with Gasteiger partial charge in [-0.1, -0.05) is 32.4 Å². The summed E-state index contributed by atoms with van der Waals surface area (Å²) in [5, 5.41) is 62.6. The molecule has 6 aliphatic rings.